The zero-order valence-corrected chi connectivity index (χ0v) is 10.2. The molecule has 4 heteroatoms. The molecule has 94 valence electrons. The van der Waals surface area contributed by atoms with Gasteiger partial charge in [-0.25, -0.2) is 0 Å². The van der Waals surface area contributed by atoms with Gasteiger partial charge in [0.05, 0.1) is 5.92 Å². The Morgan fingerprint density at radius 3 is 2.94 bits per heavy atom. The van der Waals surface area contributed by atoms with Gasteiger partial charge in [0, 0.05) is 26.2 Å². The minimum absolute atomic E-state index is 0.00197. The fourth-order valence-electron chi connectivity index (χ4n) is 2.40. The Morgan fingerprint density at radius 2 is 2.38 bits per heavy atom. The predicted octanol–water partition coefficient (Wildman–Crippen LogP) is 0.592. The summed E-state index contributed by atoms with van der Waals surface area (Å²) in [5, 5.41) is 8.87. The first-order valence-electron chi connectivity index (χ1n) is 6.32. The van der Waals surface area contributed by atoms with E-state index >= 15 is 0 Å². The molecule has 0 aliphatic carbocycles. The largest absolute Gasteiger partial charge is 0.396 e. The first kappa shape index (κ1) is 13.5. The number of aliphatic hydroxyl groups excluding tert-OH is 1. The van der Waals surface area contributed by atoms with E-state index in [1.807, 2.05) is 4.90 Å². The van der Waals surface area contributed by atoms with E-state index < -0.39 is 0 Å². The summed E-state index contributed by atoms with van der Waals surface area (Å²) in [5.74, 6) is 0.691. The number of amides is 1. The third kappa shape index (κ3) is 3.46. The van der Waals surface area contributed by atoms with Crippen LogP contribution in [0.15, 0.2) is 0 Å². The lowest BCUT2D eigenvalue weighted by Gasteiger charge is -2.22. The Kier molecular flexibility index (Phi) is 5.77. The van der Waals surface area contributed by atoms with Crippen molar-refractivity contribution >= 4 is 5.91 Å². The van der Waals surface area contributed by atoms with Crippen molar-refractivity contribution in [3.05, 3.63) is 0 Å². The topological polar surface area (TPSA) is 66.6 Å². The van der Waals surface area contributed by atoms with Crippen LogP contribution in [0.25, 0.3) is 0 Å². The van der Waals surface area contributed by atoms with Crippen LogP contribution < -0.4 is 5.73 Å². The van der Waals surface area contributed by atoms with Gasteiger partial charge in [0.1, 0.15) is 0 Å². The van der Waals surface area contributed by atoms with Crippen molar-refractivity contribution in [1.82, 2.24) is 4.90 Å². The summed E-state index contributed by atoms with van der Waals surface area (Å²) < 4.78 is 0. The summed E-state index contributed by atoms with van der Waals surface area (Å²) in [4.78, 5) is 14.0. The summed E-state index contributed by atoms with van der Waals surface area (Å²) in [6.45, 7) is 4.40. The van der Waals surface area contributed by atoms with Gasteiger partial charge in [-0.15, -0.1) is 0 Å². The molecule has 0 aromatic rings. The summed E-state index contributed by atoms with van der Waals surface area (Å²) in [7, 11) is 0. The van der Waals surface area contributed by atoms with Crippen LogP contribution in [0.3, 0.4) is 0 Å². The van der Waals surface area contributed by atoms with E-state index in [1.54, 1.807) is 0 Å². The number of rotatable bonds is 6. The lowest BCUT2D eigenvalue weighted by molar-refractivity contribution is -0.134. The summed E-state index contributed by atoms with van der Waals surface area (Å²) in [6.07, 6.45) is 3.72. The minimum atomic E-state index is -0.00197. The molecule has 3 N–H and O–H groups in total. The molecule has 1 amide bonds. The van der Waals surface area contributed by atoms with Gasteiger partial charge in [-0.3, -0.25) is 4.79 Å². The Labute approximate surface area is 97.8 Å². The molecule has 16 heavy (non-hydrogen) atoms. The lowest BCUT2D eigenvalue weighted by Crippen LogP contribution is -2.37. The van der Waals surface area contributed by atoms with Crippen molar-refractivity contribution in [3.8, 4) is 0 Å². The molecule has 0 aromatic carbocycles. The first-order chi connectivity index (χ1) is 7.72. The van der Waals surface area contributed by atoms with Crippen molar-refractivity contribution in [1.29, 1.82) is 0 Å². The second-order valence-corrected chi connectivity index (χ2v) is 4.67. The van der Waals surface area contributed by atoms with Crippen molar-refractivity contribution in [3.63, 3.8) is 0 Å². The van der Waals surface area contributed by atoms with E-state index in [1.165, 1.54) is 0 Å². The molecule has 1 heterocycles. The Hall–Kier alpha value is -0.610. The molecule has 1 rings (SSSR count). The highest BCUT2D eigenvalue weighted by molar-refractivity contribution is 5.79. The van der Waals surface area contributed by atoms with Crippen molar-refractivity contribution in [2.45, 2.75) is 32.6 Å². The van der Waals surface area contributed by atoms with Crippen LogP contribution in [-0.4, -0.2) is 42.2 Å². The number of hydrogen-bond acceptors (Lipinski definition) is 3. The maximum Gasteiger partial charge on any atom is 0.226 e. The van der Waals surface area contributed by atoms with Gasteiger partial charge in [0.25, 0.3) is 0 Å². The van der Waals surface area contributed by atoms with E-state index in [0.717, 1.165) is 38.8 Å². The van der Waals surface area contributed by atoms with Crippen LogP contribution >= 0.6 is 0 Å². The number of carbonyl (C=O) groups is 1. The van der Waals surface area contributed by atoms with E-state index in [4.69, 9.17) is 10.8 Å². The lowest BCUT2D eigenvalue weighted by atomic mass is 10.0. The molecule has 1 aliphatic heterocycles. The molecular formula is C12H24N2O2. The molecule has 1 fully saturated rings. The van der Waals surface area contributed by atoms with Crippen LogP contribution in [-0.2, 0) is 4.79 Å². The van der Waals surface area contributed by atoms with Gasteiger partial charge in [-0.05, 0) is 25.2 Å². The van der Waals surface area contributed by atoms with Gasteiger partial charge >= 0.3 is 0 Å². The van der Waals surface area contributed by atoms with E-state index in [-0.39, 0.29) is 18.4 Å². The number of nitrogens with two attached hydrogens (primary N) is 1. The smallest absolute Gasteiger partial charge is 0.226 e. The van der Waals surface area contributed by atoms with Crippen molar-refractivity contribution in [2.75, 3.05) is 26.2 Å². The Bertz CT molecular complexity index is 221. The van der Waals surface area contributed by atoms with Crippen LogP contribution in [0.1, 0.15) is 32.6 Å². The number of nitrogens with zero attached hydrogens (tertiary/aromatic N) is 1. The number of aliphatic hydroxyl groups is 1. The van der Waals surface area contributed by atoms with Gasteiger partial charge in [0.2, 0.25) is 5.91 Å². The highest BCUT2D eigenvalue weighted by atomic mass is 16.3. The molecule has 4 nitrogen and oxygen atoms in total. The summed E-state index contributed by atoms with van der Waals surface area (Å²) in [5.41, 5.74) is 5.63. The first-order valence-corrected chi connectivity index (χ1v) is 6.32. The second-order valence-electron chi connectivity index (χ2n) is 4.67. The van der Waals surface area contributed by atoms with Gasteiger partial charge < -0.3 is 15.7 Å². The minimum Gasteiger partial charge on any atom is -0.396 e. The fraction of sp³-hybridized carbons (Fsp3) is 0.917. The monoisotopic (exact) mass is 228 g/mol. The van der Waals surface area contributed by atoms with Crippen molar-refractivity contribution in [2.24, 2.45) is 17.6 Å². The average molecular weight is 228 g/mol. The normalized spacial score (nSPS) is 22.4. The second kappa shape index (κ2) is 6.86. The Morgan fingerprint density at radius 1 is 1.62 bits per heavy atom. The van der Waals surface area contributed by atoms with Crippen LogP contribution in [0.2, 0.25) is 0 Å². The highest BCUT2D eigenvalue weighted by Gasteiger charge is 2.29. The molecule has 1 saturated heterocycles. The Balaban J connectivity index is 2.42. The molecule has 0 bridgehead atoms. The third-order valence-electron chi connectivity index (χ3n) is 3.41. The van der Waals surface area contributed by atoms with E-state index in [2.05, 4.69) is 6.92 Å². The molecule has 0 spiro atoms. The molecule has 0 radical (unpaired) electrons. The predicted molar refractivity (Wildman–Crippen MR) is 63.8 cm³/mol. The fourth-order valence-corrected chi connectivity index (χ4v) is 2.40. The average Bonchev–Trinajstić information content (AvgIpc) is 2.74. The molecule has 0 aromatic heterocycles. The molecule has 2 unspecified atom stereocenters. The zero-order chi connectivity index (χ0) is 12.0. The highest BCUT2D eigenvalue weighted by Crippen LogP contribution is 2.21. The quantitative estimate of drug-likeness (QED) is 0.699. The number of carbonyl (C=O) groups excluding carboxylic acids is 1. The maximum absolute atomic E-state index is 12.1. The standard InChI is InChI=1S/C12H24N2O2/c1-2-3-11(8-13)12(16)14-6-4-10(9-14)5-7-15/h10-11,15H,2-9,13H2,1H3. The molecule has 0 saturated carbocycles. The van der Waals surface area contributed by atoms with Gasteiger partial charge in [-0.1, -0.05) is 13.3 Å². The van der Waals surface area contributed by atoms with Crippen LogP contribution in [0.4, 0.5) is 0 Å². The zero-order valence-electron chi connectivity index (χ0n) is 10.2. The van der Waals surface area contributed by atoms with E-state index in [0.29, 0.717) is 12.5 Å². The van der Waals surface area contributed by atoms with Gasteiger partial charge in [0.15, 0.2) is 0 Å². The van der Waals surface area contributed by atoms with E-state index in [9.17, 15) is 4.79 Å². The summed E-state index contributed by atoms with van der Waals surface area (Å²) in [6, 6.07) is 0. The van der Waals surface area contributed by atoms with Crippen molar-refractivity contribution < 1.29 is 9.90 Å². The maximum atomic E-state index is 12.1. The van der Waals surface area contributed by atoms with Gasteiger partial charge in [-0.2, -0.15) is 0 Å². The SMILES string of the molecule is CCCC(CN)C(=O)N1CCC(CCO)C1. The van der Waals surface area contributed by atoms with Crippen LogP contribution in [0, 0.1) is 11.8 Å². The number of hydrogen-bond donors (Lipinski definition) is 2. The van der Waals surface area contributed by atoms with Crippen LogP contribution in [0.5, 0.6) is 0 Å². The third-order valence-corrected chi connectivity index (χ3v) is 3.41. The molecule has 2 atom stereocenters. The molecular weight excluding hydrogens is 204 g/mol. The molecule has 1 aliphatic rings. The number of likely N-dealkylation sites (tertiary alicyclic amines) is 1. The summed E-state index contributed by atoms with van der Waals surface area (Å²) >= 11 is 0.